The van der Waals surface area contributed by atoms with E-state index in [0.717, 1.165) is 50.9 Å². The first-order valence-corrected chi connectivity index (χ1v) is 11.9. The second-order valence-corrected chi connectivity index (χ2v) is 9.18. The molecule has 1 atom stereocenters. The van der Waals surface area contributed by atoms with Gasteiger partial charge in [-0.15, -0.1) is 11.8 Å². The fourth-order valence-electron chi connectivity index (χ4n) is 4.25. The van der Waals surface area contributed by atoms with Crippen molar-refractivity contribution in [3.8, 4) is 17.0 Å². The van der Waals surface area contributed by atoms with Crippen molar-refractivity contribution in [2.75, 3.05) is 38.0 Å². The fourth-order valence-corrected chi connectivity index (χ4v) is 4.84. The van der Waals surface area contributed by atoms with Crippen molar-refractivity contribution < 1.29 is 14.2 Å². The van der Waals surface area contributed by atoms with Gasteiger partial charge in [0.2, 0.25) is 0 Å². The monoisotopic (exact) mass is 443 g/mol. The van der Waals surface area contributed by atoms with Gasteiger partial charge in [-0.3, -0.25) is 0 Å². The molecule has 1 aromatic carbocycles. The van der Waals surface area contributed by atoms with Crippen LogP contribution in [0.5, 0.6) is 5.75 Å². The van der Waals surface area contributed by atoms with Gasteiger partial charge >= 0.3 is 0 Å². The van der Waals surface area contributed by atoms with Crippen LogP contribution < -0.4 is 9.64 Å². The maximum atomic E-state index is 13.2. The van der Waals surface area contributed by atoms with Crippen LogP contribution in [0.25, 0.3) is 16.8 Å². The lowest BCUT2D eigenvalue weighted by atomic mass is 10.0. The Morgan fingerprint density at radius 2 is 2.10 bits per heavy atom. The van der Waals surface area contributed by atoms with E-state index in [1.807, 2.05) is 29.0 Å². The van der Waals surface area contributed by atoms with Crippen LogP contribution >= 0.6 is 11.8 Å². The number of aliphatic hydroxyl groups excluding tert-OH is 1. The number of rotatable bonds is 9. The van der Waals surface area contributed by atoms with E-state index >= 15 is 0 Å². The van der Waals surface area contributed by atoms with Crippen molar-refractivity contribution in [3.05, 3.63) is 41.5 Å². The number of nitrogens with zero attached hydrogens (tertiary/aromatic N) is 3. The number of benzene rings is 1. The van der Waals surface area contributed by atoms with E-state index in [9.17, 15) is 9.50 Å². The van der Waals surface area contributed by atoms with Crippen molar-refractivity contribution >= 4 is 23.0 Å². The summed E-state index contributed by atoms with van der Waals surface area (Å²) in [7, 11) is 1.69. The number of alkyl halides is 1. The van der Waals surface area contributed by atoms with Gasteiger partial charge in [0.25, 0.3) is 0 Å². The molecule has 0 spiro atoms. The molecule has 4 rings (SSSR count). The Labute approximate surface area is 187 Å². The smallest absolute Gasteiger partial charge is 0.142 e. The molecule has 0 bridgehead atoms. The fraction of sp³-hybridized carbons (Fsp3) is 0.458. The molecular weight excluding hydrogens is 413 g/mol. The number of aliphatic hydroxyl groups is 1. The number of thioether (sulfide) groups is 1. The number of aromatic nitrogens is 2. The lowest BCUT2D eigenvalue weighted by Crippen LogP contribution is -2.35. The summed E-state index contributed by atoms with van der Waals surface area (Å²) in [5.41, 5.74) is 6.15. The van der Waals surface area contributed by atoms with Crippen molar-refractivity contribution in [1.29, 1.82) is 0 Å². The van der Waals surface area contributed by atoms with Gasteiger partial charge in [0.15, 0.2) is 0 Å². The van der Waals surface area contributed by atoms with Gasteiger partial charge in [-0.2, -0.15) is 5.10 Å². The maximum Gasteiger partial charge on any atom is 0.142 e. The number of pyridine rings is 1. The number of aryl methyl sites for hydroxylation is 2. The molecule has 7 heteroatoms. The second kappa shape index (κ2) is 9.09. The number of fused-ring (bicyclic) bond motifs is 1. The first-order valence-electron chi connectivity index (χ1n) is 10.7. The molecule has 166 valence electrons. The van der Waals surface area contributed by atoms with Crippen LogP contribution in [0.1, 0.15) is 24.0 Å². The quantitative estimate of drug-likeness (QED) is 0.477. The molecule has 1 saturated carbocycles. The molecule has 3 aromatic rings. The summed E-state index contributed by atoms with van der Waals surface area (Å²) < 4.78 is 20.8. The molecule has 1 aliphatic rings. The Hall–Kier alpha value is -2.25. The van der Waals surface area contributed by atoms with Gasteiger partial charge < -0.3 is 14.7 Å². The Morgan fingerprint density at radius 1 is 1.32 bits per heavy atom. The average molecular weight is 444 g/mol. The molecule has 2 aromatic heterocycles. The molecule has 0 aliphatic heterocycles. The van der Waals surface area contributed by atoms with E-state index in [2.05, 4.69) is 30.9 Å². The van der Waals surface area contributed by atoms with Crippen molar-refractivity contribution in [2.45, 2.75) is 37.8 Å². The summed E-state index contributed by atoms with van der Waals surface area (Å²) in [6.07, 6.45) is 3.36. The van der Waals surface area contributed by atoms with Gasteiger partial charge in [0, 0.05) is 18.7 Å². The van der Waals surface area contributed by atoms with Crippen LogP contribution in [0.3, 0.4) is 0 Å². The summed E-state index contributed by atoms with van der Waals surface area (Å²) in [4.78, 5) is 2.12. The lowest BCUT2D eigenvalue weighted by Gasteiger charge is -2.26. The zero-order chi connectivity index (χ0) is 22.1. The average Bonchev–Trinajstić information content (AvgIpc) is 3.49. The maximum absolute atomic E-state index is 13.2. The van der Waals surface area contributed by atoms with E-state index in [1.165, 1.54) is 12.8 Å². The number of hydrogen-bond donors (Lipinski definition) is 1. The topological polar surface area (TPSA) is 50.0 Å². The summed E-state index contributed by atoms with van der Waals surface area (Å²) in [6.45, 7) is 4.46. The molecule has 0 amide bonds. The van der Waals surface area contributed by atoms with Crippen LogP contribution in [-0.4, -0.2) is 54.0 Å². The molecule has 1 unspecified atom stereocenters. The Kier molecular flexibility index (Phi) is 6.44. The van der Waals surface area contributed by atoms with Crippen LogP contribution in [0.2, 0.25) is 0 Å². The number of halogens is 1. The summed E-state index contributed by atoms with van der Waals surface area (Å²) in [6, 6.07) is 10.3. The van der Waals surface area contributed by atoms with E-state index in [1.54, 1.807) is 18.9 Å². The van der Waals surface area contributed by atoms with E-state index in [0.29, 0.717) is 5.92 Å². The predicted octanol–water partition coefficient (Wildman–Crippen LogP) is 4.90. The Balaban J connectivity index is 1.90. The first kappa shape index (κ1) is 22.0. The highest BCUT2D eigenvalue weighted by molar-refractivity contribution is 7.98. The third-order valence-electron chi connectivity index (χ3n) is 5.81. The minimum atomic E-state index is -1.01. The van der Waals surface area contributed by atoms with Crippen LogP contribution in [0.15, 0.2) is 35.4 Å². The standard InChI is InChI=1S/C24H30FN3O2S/c1-15-10-16(2)22(21(11-15)30-3)19-6-5-7-20-23(24(31-4)26-28(19)20)27(13-17-8-9-17)14-18(29)12-25/h5-7,10-11,17-18,29H,8-9,12-14H2,1-4H3. The minimum absolute atomic E-state index is 0.263. The van der Waals surface area contributed by atoms with Gasteiger partial charge in [-0.1, -0.05) is 12.1 Å². The van der Waals surface area contributed by atoms with E-state index in [4.69, 9.17) is 9.84 Å². The van der Waals surface area contributed by atoms with Crippen LogP contribution in [-0.2, 0) is 0 Å². The zero-order valence-electron chi connectivity index (χ0n) is 18.6. The molecule has 1 fully saturated rings. The van der Waals surface area contributed by atoms with Gasteiger partial charge in [0.1, 0.15) is 17.5 Å². The zero-order valence-corrected chi connectivity index (χ0v) is 19.4. The van der Waals surface area contributed by atoms with Gasteiger partial charge in [0.05, 0.1) is 30.1 Å². The highest BCUT2D eigenvalue weighted by Gasteiger charge is 2.29. The largest absolute Gasteiger partial charge is 0.496 e. The molecule has 1 N–H and O–H groups in total. The number of anilines is 1. The van der Waals surface area contributed by atoms with Gasteiger partial charge in [-0.25, -0.2) is 8.91 Å². The highest BCUT2D eigenvalue weighted by Crippen LogP contribution is 2.40. The Morgan fingerprint density at radius 3 is 2.74 bits per heavy atom. The third kappa shape index (κ3) is 4.39. The molecular formula is C24H30FN3O2S. The summed E-state index contributed by atoms with van der Waals surface area (Å²) in [5, 5.41) is 15.9. The number of methoxy groups -OCH3 is 1. The summed E-state index contributed by atoms with van der Waals surface area (Å²) >= 11 is 1.57. The first-order chi connectivity index (χ1) is 15.0. The van der Waals surface area contributed by atoms with Crippen molar-refractivity contribution in [1.82, 2.24) is 9.61 Å². The number of hydrogen-bond acceptors (Lipinski definition) is 5. The van der Waals surface area contributed by atoms with Crippen LogP contribution in [0, 0.1) is 19.8 Å². The second-order valence-electron chi connectivity index (χ2n) is 8.38. The molecule has 2 heterocycles. The highest BCUT2D eigenvalue weighted by atomic mass is 32.2. The molecule has 1 aliphatic carbocycles. The molecule has 0 saturated heterocycles. The molecule has 31 heavy (non-hydrogen) atoms. The van der Waals surface area contributed by atoms with E-state index in [-0.39, 0.29) is 6.54 Å². The lowest BCUT2D eigenvalue weighted by molar-refractivity contribution is 0.144. The van der Waals surface area contributed by atoms with E-state index < -0.39 is 12.8 Å². The SMILES string of the molecule is COc1cc(C)cc(C)c1-c1cccc2c(N(CC(O)CF)CC3CC3)c(SC)nn12. The normalized spacial score (nSPS) is 14.8. The predicted molar refractivity (Wildman–Crippen MR) is 125 cm³/mol. The Bertz CT molecular complexity index is 1080. The summed E-state index contributed by atoms with van der Waals surface area (Å²) in [5.74, 6) is 1.41. The molecule has 5 nitrogen and oxygen atoms in total. The molecule has 0 radical (unpaired) electrons. The van der Waals surface area contributed by atoms with Crippen molar-refractivity contribution in [2.24, 2.45) is 5.92 Å². The van der Waals surface area contributed by atoms with Crippen molar-refractivity contribution in [3.63, 3.8) is 0 Å². The number of ether oxygens (including phenoxy) is 1. The van der Waals surface area contributed by atoms with Gasteiger partial charge in [-0.05, 0) is 68.2 Å². The van der Waals surface area contributed by atoms with Crippen LogP contribution in [0.4, 0.5) is 10.1 Å². The third-order valence-corrected chi connectivity index (χ3v) is 6.48. The minimum Gasteiger partial charge on any atom is -0.496 e.